The molecule has 62 valence electrons. The summed E-state index contributed by atoms with van der Waals surface area (Å²) < 4.78 is 1.55. The molecule has 0 atom stereocenters. The van der Waals surface area contributed by atoms with Crippen LogP contribution in [0, 0.1) is 18.3 Å². The molecule has 1 heterocycles. The molecule has 12 heavy (non-hydrogen) atoms. The van der Waals surface area contributed by atoms with Crippen LogP contribution in [0.2, 0.25) is 0 Å². The number of nitriles is 1. The molecule has 0 aliphatic rings. The topological polar surface area (TPSA) is 45.8 Å². The minimum atomic E-state index is -0.0726. The normalized spacial score (nSPS) is 9.42. The van der Waals surface area contributed by atoms with E-state index in [0.717, 1.165) is 5.69 Å². The Morgan fingerprint density at radius 3 is 2.83 bits per heavy atom. The van der Waals surface area contributed by atoms with Gasteiger partial charge in [0.15, 0.2) is 0 Å². The SMILES string of the molecule is Cc1ccc(CC#N)c(=O)n1C. The summed E-state index contributed by atoms with van der Waals surface area (Å²) in [4.78, 5) is 11.4. The van der Waals surface area contributed by atoms with E-state index in [1.165, 1.54) is 0 Å². The van der Waals surface area contributed by atoms with E-state index in [4.69, 9.17) is 5.26 Å². The van der Waals surface area contributed by atoms with Gasteiger partial charge in [-0.15, -0.1) is 0 Å². The maximum atomic E-state index is 11.4. The molecule has 3 nitrogen and oxygen atoms in total. The molecule has 0 N–H and O–H groups in total. The van der Waals surface area contributed by atoms with E-state index in [1.807, 2.05) is 19.1 Å². The number of rotatable bonds is 1. The lowest BCUT2D eigenvalue weighted by atomic mass is 10.2. The van der Waals surface area contributed by atoms with Crippen molar-refractivity contribution in [2.24, 2.45) is 7.05 Å². The van der Waals surface area contributed by atoms with Crippen molar-refractivity contribution >= 4 is 0 Å². The minimum Gasteiger partial charge on any atom is -0.316 e. The Kier molecular flexibility index (Phi) is 2.29. The lowest BCUT2D eigenvalue weighted by Crippen LogP contribution is -2.22. The van der Waals surface area contributed by atoms with Crippen LogP contribution < -0.4 is 5.56 Å². The van der Waals surface area contributed by atoms with Crippen molar-refractivity contribution in [2.45, 2.75) is 13.3 Å². The fourth-order valence-electron chi connectivity index (χ4n) is 1.000. The molecule has 0 fully saturated rings. The Morgan fingerprint density at radius 2 is 2.25 bits per heavy atom. The highest BCUT2D eigenvalue weighted by molar-refractivity contribution is 5.17. The summed E-state index contributed by atoms with van der Waals surface area (Å²) >= 11 is 0. The minimum absolute atomic E-state index is 0.0726. The Hall–Kier alpha value is -1.56. The number of hydrogen-bond acceptors (Lipinski definition) is 2. The molecule has 0 saturated heterocycles. The van der Waals surface area contributed by atoms with E-state index in [0.29, 0.717) is 5.56 Å². The highest BCUT2D eigenvalue weighted by Crippen LogP contribution is 1.96. The summed E-state index contributed by atoms with van der Waals surface area (Å²) in [5.74, 6) is 0. The average molecular weight is 162 g/mol. The van der Waals surface area contributed by atoms with Gasteiger partial charge in [0.1, 0.15) is 0 Å². The Bertz CT molecular complexity index is 384. The summed E-state index contributed by atoms with van der Waals surface area (Å²) in [6.45, 7) is 1.86. The molecule has 3 heteroatoms. The molecule has 0 aliphatic heterocycles. The van der Waals surface area contributed by atoms with Gasteiger partial charge < -0.3 is 4.57 Å². The molecule has 1 rings (SSSR count). The van der Waals surface area contributed by atoms with Crippen LogP contribution in [-0.4, -0.2) is 4.57 Å². The van der Waals surface area contributed by atoms with Gasteiger partial charge >= 0.3 is 0 Å². The number of pyridine rings is 1. The maximum Gasteiger partial charge on any atom is 0.254 e. The van der Waals surface area contributed by atoms with Crippen LogP contribution >= 0.6 is 0 Å². The molecule has 0 aliphatic carbocycles. The fourth-order valence-corrected chi connectivity index (χ4v) is 1.000. The quantitative estimate of drug-likeness (QED) is 0.612. The number of nitrogens with zero attached hydrogens (tertiary/aromatic N) is 2. The lowest BCUT2D eigenvalue weighted by molar-refractivity contribution is 0.804. The highest BCUT2D eigenvalue weighted by atomic mass is 16.1. The van der Waals surface area contributed by atoms with Crippen LogP contribution in [0.5, 0.6) is 0 Å². The van der Waals surface area contributed by atoms with E-state index in [1.54, 1.807) is 17.7 Å². The standard InChI is InChI=1S/C9H10N2O/c1-7-3-4-8(5-6-10)9(12)11(7)2/h3-4H,5H2,1-2H3. The van der Waals surface area contributed by atoms with Crippen molar-refractivity contribution in [1.82, 2.24) is 4.57 Å². The number of hydrogen-bond donors (Lipinski definition) is 0. The molecule has 1 aromatic heterocycles. The van der Waals surface area contributed by atoms with E-state index in [-0.39, 0.29) is 12.0 Å². The predicted molar refractivity (Wildman–Crippen MR) is 45.7 cm³/mol. The van der Waals surface area contributed by atoms with Crippen LogP contribution in [0.25, 0.3) is 0 Å². The molecule has 0 unspecified atom stereocenters. The second kappa shape index (κ2) is 3.22. The largest absolute Gasteiger partial charge is 0.316 e. The van der Waals surface area contributed by atoms with Gasteiger partial charge in [-0.1, -0.05) is 6.07 Å². The smallest absolute Gasteiger partial charge is 0.254 e. The molecule has 0 spiro atoms. The maximum absolute atomic E-state index is 11.4. The van der Waals surface area contributed by atoms with Crippen molar-refractivity contribution in [2.75, 3.05) is 0 Å². The fraction of sp³-hybridized carbons (Fsp3) is 0.333. The van der Waals surface area contributed by atoms with Crippen LogP contribution in [0.15, 0.2) is 16.9 Å². The van der Waals surface area contributed by atoms with Crippen LogP contribution in [0.1, 0.15) is 11.3 Å². The average Bonchev–Trinajstić information content (AvgIpc) is 2.07. The number of aromatic nitrogens is 1. The first-order valence-electron chi connectivity index (χ1n) is 3.69. The lowest BCUT2D eigenvalue weighted by Gasteiger charge is -2.03. The monoisotopic (exact) mass is 162 g/mol. The van der Waals surface area contributed by atoms with Gasteiger partial charge in [-0.3, -0.25) is 4.79 Å². The molecule has 0 aromatic carbocycles. The molecule has 0 bridgehead atoms. The van der Waals surface area contributed by atoms with E-state index >= 15 is 0 Å². The Morgan fingerprint density at radius 1 is 1.58 bits per heavy atom. The molecule has 0 radical (unpaired) electrons. The van der Waals surface area contributed by atoms with Crippen LogP contribution in [-0.2, 0) is 13.5 Å². The molecular weight excluding hydrogens is 152 g/mol. The summed E-state index contributed by atoms with van der Waals surface area (Å²) in [5, 5.41) is 8.41. The van der Waals surface area contributed by atoms with Gasteiger partial charge in [0, 0.05) is 18.3 Å². The highest BCUT2D eigenvalue weighted by Gasteiger charge is 2.01. The van der Waals surface area contributed by atoms with Crippen LogP contribution in [0.3, 0.4) is 0 Å². The zero-order valence-electron chi connectivity index (χ0n) is 7.16. The van der Waals surface area contributed by atoms with Crippen molar-refractivity contribution in [3.63, 3.8) is 0 Å². The third-order valence-electron chi connectivity index (χ3n) is 1.90. The molecular formula is C9H10N2O. The first-order valence-corrected chi connectivity index (χ1v) is 3.69. The second-order valence-electron chi connectivity index (χ2n) is 2.70. The zero-order chi connectivity index (χ0) is 9.14. The molecule has 0 saturated carbocycles. The molecule has 1 aromatic rings. The first-order chi connectivity index (χ1) is 5.66. The summed E-state index contributed by atoms with van der Waals surface area (Å²) in [6.07, 6.45) is 0.187. The van der Waals surface area contributed by atoms with Gasteiger partial charge in [-0.25, -0.2) is 0 Å². The third kappa shape index (κ3) is 1.37. The van der Waals surface area contributed by atoms with Crippen molar-refractivity contribution in [3.05, 3.63) is 33.7 Å². The number of aryl methyl sites for hydroxylation is 1. The van der Waals surface area contributed by atoms with Crippen LogP contribution in [0.4, 0.5) is 0 Å². The van der Waals surface area contributed by atoms with E-state index in [9.17, 15) is 4.79 Å². The van der Waals surface area contributed by atoms with Gasteiger partial charge in [0.05, 0.1) is 12.5 Å². The third-order valence-corrected chi connectivity index (χ3v) is 1.90. The summed E-state index contributed by atoms with van der Waals surface area (Å²) in [6, 6.07) is 5.51. The van der Waals surface area contributed by atoms with Crippen molar-refractivity contribution in [3.8, 4) is 6.07 Å². The summed E-state index contributed by atoms with van der Waals surface area (Å²) in [5.41, 5.74) is 1.39. The van der Waals surface area contributed by atoms with E-state index < -0.39 is 0 Å². The van der Waals surface area contributed by atoms with Gasteiger partial charge in [-0.05, 0) is 13.0 Å². The van der Waals surface area contributed by atoms with Gasteiger partial charge in [0.2, 0.25) is 0 Å². The van der Waals surface area contributed by atoms with Crippen molar-refractivity contribution < 1.29 is 0 Å². The van der Waals surface area contributed by atoms with Gasteiger partial charge in [0.25, 0.3) is 5.56 Å². The van der Waals surface area contributed by atoms with Crippen molar-refractivity contribution in [1.29, 1.82) is 5.26 Å². The molecule has 0 amide bonds. The zero-order valence-corrected chi connectivity index (χ0v) is 7.16. The Labute approximate surface area is 70.9 Å². The summed E-state index contributed by atoms with van der Waals surface area (Å²) in [7, 11) is 1.71. The second-order valence-corrected chi connectivity index (χ2v) is 2.70. The van der Waals surface area contributed by atoms with Gasteiger partial charge in [-0.2, -0.15) is 5.26 Å². The van der Waals surface area contributed by atoms with E-state index in [2.05, 4.69) is 0 Å². The Balaban J connectivity index is 3.29. The predicted octanol–water partition coefficient (Wildman–Crippen LogP) is 0.760. The first kappa shape index (κ1) is 8.54.